The van der Waals surface area contributed by atoms with Crippen LogP contribution in [0.4, 0.5) is 8.78 Å². The van der Waals surface area contributed by atoms with Gasteiger partial charge in [-0.25, -0.2) is 4.98 Å². The van der Waals surface area contributed by atoms with Gasteiger partial charge in [0.05, 0.1) is 5.69 Å². The molecule has 10 heteroatoms. The quantitative estimate of drug-likeness (QED) is 0.322. The molecule has 0 unspecified atom stereocenters. The first-order valence-corrected chi connectivity index (χ1v) is 11.8. The van der Waals surface area contributed by atoms with Crippen molar-refractivity contribution in [2.75, 3.05) is 0 Å². The first kappa shape index (κ1) is 20.6. The molecular weight excluding hydrogens is 479 g/mol. The lowest BCUT2D eigenvalue weighted by atomic mass is 10.1. The van der Waals surface area contributed by atoms with Gasteiger partial charge >= 0.3 is 13.3 Å². The summed E-state index contributed by atoms with van der Waals surface area (Å²) in [6.45, 7) is 0. The van der Waals surface area contributed by atoms with E-state index in [2.05, 4.69) is 20.9 Å². The monoisotopic (exact) mass is 491 g/mol. The molecule has 0 aliphatic rings. The van der Waals surface area contributed by atoms with Crippen molar-refractivity contribution in [3.63, 3.8) is 0 Å². The standard InChI is InChI=1S/C17H13BrF2NO3PS2/c18-14-8-11(6-7-13(14)17(19,20)25(22,23)24)9-26-16-21-15(10-27-16)12-4-2-1-3-5-12/h1-8,10H,9H2,(H2,22,23,24). The Morgan fingerprint density at radius 3 is 2.52 bits per heavy atom. The smallest absolute Gasteiger partial charge is 0.320 e. The van der Waals surface area contributed by atoms with Crippen LogP contribution in [0.5, 0.6) is 0 Å². The summed E-state index contributed by atoms with van der Waals surface area (Å²) in [7, 11) is -5.60. The van der Waals surface area contributed by atoms with Crippen LogP contribution in [-0.2, 0) is 16.0 Å². The van der Waals surface area contributed by atoms with Crippen LogP contribution < -0.4 is 0 Å². The second-order valence-corrected chi connectivity index (χ2v) is 10.1. The zero-order valence-electron chi connectivity index (χ0n) is 13.6. The Hall–Kier alpha value is -1.09. The minimum atomic E-state index is -5.60. The predicted octanol–water partition coefficient (Wildman–Crippen LogP) is 6.09. The third kappa shape index (κ3) is 4.67. The molecule has 27 heavy (non-hydrogen) atoms. The summed E-state index contributed by atoms with van der Waals surface area (Å²) in [5.74, 6) is 0.488. The molecule has 4 nitrogen and oxygen atoms in total. The fraction of sp³-hybridized carbons (Fsp3) is 0.118. The minimum absolute atomic E-state index is 0.0435. The molecule has 2 aromatic carbocycles. The van der Waals surface area contributed by atoms with Gasteiger partial charge in [-0.05, 0) is 11.6 Å². The van der Waals surface area contributed by atoms with Crippen LogP contribution >= 0.6 is 46.6 Å². The fourth-order valence-corrected chi connectivity index (χ4v) is 5.37. The minimum Gasteiger partial charge on any atom is -0.320 e. The van der Waals surface area contributed by atoms with Crippen molar-refractivity contribution in [2.24, 2.45) is 0 Å². The number of hydrogen-bond acceptors (Lipinski definition) is 4. The summed E-state index contributed by atoms with van der Waals surface area (Å²) < 4.78 is 39.6. The van der Waals surface area contributed by atoms with Gasteiger partial charge in [0.2, 0.25) is 0 Å². The molecule has 2 N–H and O–H groups in total. The average Bonchev–Trinajstić information content (AvgIpc) is 3.08. The van der Waals surface area contributed by atoms with Gasteiger partial charge in [0.1, 0.15) is 0 Å². The molecule has 3 aromatic rings. The number of aromatic nitrogens is 1. The first-order chi connectivity index (χ1) is 12.7. The zero-order chi connectivity index (χ0) is 19.7. The van der Waals surface area contributed by atoms with Crippen molar-refractivity contribution < 1.29 is 23.1 Å². The molecule has 1 aromatic heterocycles. The maximum Gasteiger partial charge on any atom is 0.399 e. The van der Waals surface area contributed by atoms with Gasteiger partial charge in [-0.1, -0.05) is 70.2 Å². The number of nitrogens with zero attached hydrogens (tertiary/aromatic N) is 1. The molecule has 0 aliphatic carbocycles. The lowest BCUT2D eigenvalue weighted by molar-refractivity contribution is 0.0557. The summed E-state index contributed by atoms with van der Waals surface area (Å²) in [6, 6.07) is 13.7. The van der Waals surface area contributed by atoms with E-state index in [-0.39, 0.29) is 4.47 Å². The van der Waals surface area contributed by atoms with Crippen LogP contribution in [0.2, 0.25) is 0 Å². The molecule has 0 aliphatic heterocycles. The topological polar surface area (TPSA) is 70.4 Å². The van der Waals surface area contributed by atoms with Gasteiger partial charge in [0, 0.05) is 26.7 Å². The van der Waals surface area contributed by atoms with Gasteiger partial charge in [0.15, 0.2) is 4.34 Å². The molecule has 0 fully saturated rings. The first-order valence-electron chi connectivity index (χ1n) is 7.54. The largest absolute Gasteiger partial charge is 0.399 e. The van der Waals surface area contributed by atoms with Crippen LogP contribution in [0, 0.1) is 0 Å². The Balaban J connectivity index is 1.72. The highest BCUT2D eigenvalue weighted by Crippen LogP contribution is 2.60. The maximum absolute atomic E-state index is 13.9. The molecule has 142 valence electrons. The highest BCUT2D eigenvalue weighted by atomic mass is 79.9. The van der Waals surface area contributed by atoms with E-state index < -0.39 is 18.8 Å². The van der Waals surface area contributed by atoms with Crippen LogP contribution in [0.3, 0.4) is 0 Å². The molecule has 0 amide bonds. The maximum atomic E-state index is 13.9. The number of thioether (sulfide) groups is 1. The van der Waals surface area contributed by atoms with Crippen molar-refractivity contribution in [3.8, 4) is 11.3 Å². The normalized spacial score (nSPS) is 12.3. The van der Waals surface area contributed by atoms with E-state index in [1.165, 1.54) is 35.2 Å². The summed E-state index contributed by atoms with van der Waals surface area (Å²) in [6.07, 6.45) is 0. The van der Waals surface area contributed by atoms with E-state index in [4.69, 9.17) is 9.79 Å². The van der Waals surface area contributed by atoms with Crippen molar-refractivity contribution in [3.05, 3.63) is 69.5 Å². The van der Waals surface area contributed by atoms with Gasteiger partial charge in [-0.3, -0.25) is 4.57 Å². The van der Waals surface area contributed by atoms with E-state index in [1.807, 2.05) is 35.7 Å². The number of rotatable bonds is 6. The van der Waals surface area contributed by atoms with E-state index in [0.717, 1.165) is 27.2 Å². The fourth-order valence-electron chi connectivity index (χ4n) is 2.26. The van der Waals surface area contributed by atoms with Crippen molar-refractivity contribution in [2.45, 2.75) is 15.8 Å². The van der Waals surface area contributed by atoms with E-state index in [9.17, 15) is 13.3 Å². The lowest BCUT2D eigenvalue weighted by Crippen LogP contribution is -2.14. The molecule has 3 rings (SSSR count). The summed E-state index contributed by atoms with van der Waals surface area (Å²) in [5, 5.41) is 1.96. The Morgan fingerprint density at radius 2 is 1.89 bits per heavy atom. The SMILES string of the molecule is O=P(O)(O)C(F)(F)c1ccc(CSc2nc(-c3ccccc3)cs2)cc1Br. The zero-order valence-corrected chi connectivity index (χ0v) is 17.7. The van der Waals surface area contributed by atoms with Gasteiger partial charge in [-0.15, -0.1) is 11.3 Å². The molecule has 0 saturated carbocycles. The van der Waals surface area contributed by atoms with E-state index in [0.29, 0.717) is 5.75 Å². The molecule has 0 saturated heterocycles. The second-order valence-electron chi connectivity index (χ2n) is 5.55. The van der Waals surface area contributed by atoms with Gasteiger partial charge in [0.25, 0.3) is 0 Å². The van der Waals surface area contributed by atoms with Crippen LogP contribution in [0.1, 0.15) is 11.1 Å². The predicted molar refractivity (Wildman–Crippen MR) is 107 cm³/mol. The molecular formula is C17H13BrF2NO3PS2. The number of alkyl halides is 2. The second kappa shape index (κ2) is 8.11. The van der Waals surface area contributed by atoms with Crippen LogP contribution in [0.25, 0.3) is 11.3 Å². The molecule has 0 bridgehead atoms. The number of thiazole rings is 1. The number of benzene rings is 2. The van der Waals surface area contributed by atoms with Crippen molar-refractivity contribution in [1.82, 2.24) is 4.98 Å². The van der Waals surface area contributed by atoms with Crippen molar-refractivity contribution >= 4 is 46.6 Å². The van der Waals surface area contributed by atoms with Crippen LogP contribution in [-0.4, -0.2) is 14.8 Å². The highest BCUT2D eigenvalue weighted by Gasteiger charge is 2.51. The Labute approximate surface area is 171 Å². The summed E-state index contributed by atoms with van der Waals surface area (Å²) in [5.41, 5.74) is -2.34. The highest BCUT2D eigenvalue weighted by molar-refractivity contribution is 9.10. The van der Waals surface area contributed by atoms with Crippen molar-refractivity contribution in [1.29, 1.82) is 0 Å². The van der Waals surface area contributed by atoms with E-state index >= 15 is 0 Å². The van der Waals surface area contributed by atoms with Gasteiger partial charge < -0.3 is 9.79 Å². The van der Waals surface area contributed by atoms with E-state index in [1.54, 1.807) is 0 Å². The third-order valence-corrected chi connectivity index (χ3v) is 7.36. The Bertz CT molecular complexity index is 995. The number of hydrogen-bond donors (Lipinski definition) is 2. The van der Waals surface area contributed by atoms with Gasteiger partial charge in [-0.2, -0.15) is 8.78 Å². The molecule has 1 heterocycles. The average molecular weight is 492 g/mol. The summed E-state index contributed by atoms with van der Waals surface area (Å²) >= 11 is 5.95. The third-order valence-electron chi connectivity index (χ3n) is 3.64. The van der Waals surface area contributed by atoms with Crippen LogP contribution in [0.15, 0.2) is 62.7 Å². The Kier molecular flexibility index (Phi) is 6.20. The molecule has 0 atom stereocenters. The summed E-state index contributed by atoms with van der Waals surface area (Å²) in [4.78, 5) is 22.3. The lowest BCUT2D eigenvalue weighted by Gasteiger charge is -2.19. The molecule has 0 radical (unpaired) electrons. The number of halogens is 3. The Morgan fingerprint density at radius 1 is 1.19 bits per heavy atom. The molecule has 0 spiro atoms.